The normalized spacial score (nSPS) is 31.8. The third-order valence-corrected chi connectivity index (χ3v) is 4.14. The molecule has 0 aromatic rings. The first-order chi connectivity index (χ1) is 7.49. The van der Waals surface area contributed by atoms with Gasteiger partial charge < -0.3 is 15.8 Å². The number of carbonyl (C=O) groups excluding carboxylic acids is 1. The van der Waals surface area contributed by atoms with E-state index in [1.54, 1.807) is 0 Å². The van der Waals surface area contributed by atoms with Crippen LogP contribution < -0.4 is 11.1 Å². The van der Waals surface area contributed by atoms with E-state index in [9.17, 15) is 4.79 Å². The lowest BCUT2D eigenvalue weighted by Gasteiger charge is -2.41. The van der Waals surface area contributed by atoms with Crippen LogP contribution >= 0.6 is 12.2 Å². The molecule has 0 spiro atoms. The number of nitrogens with one attached hydrogen (secondary N) is 1. The summed E-state index contributed by atoms with van der Waals surface area (Å²) in [5.41, 5.74) is 4.86. The van der Waals surface area contributed by atoms with E-state index in [1.165, 1.54) is 0 Å². The van der Waals surface area contributed by atoms with Gasteiger partial charge in [0.05, 0.1) is 22.5 Å². The van der Waals surface area contributed by atoms with Gasteiger partial charge in [0.2, 0.25) is 5.91 Å². The molecule has 1 atom stereocenters. The van der Waals surface area contributed by atoms with Crippen molar-refractivity contribution in [3.63, 3.8) is 0 Å². The standard InChI is InChI=1S/C11H18N2O2S/c1-10(5-6-15-7-10)13-9(14)11(8(12)16)3-2-4-11/h2-7H2,1H3,(H2,12,16)(H,13,14). The fourth-order valence-corrected chi connectivity index (χ4v) is 2.57. The maximum Gasteiger partial charge on any atom is 0.233 e. The lowest BCUT2D eigenvalue weighted by Crippen LogP contribution is -2.58. The Morgan fingerprint density at radius 3 is 2.50 bits per heavy atom. The van der Waals surface area contributed by atoms with Crippen LogP contribution in [0.5, 0.6) is 0 Å². The van der Waals surface area contributed by atoms with Gasteiger partial charge in [-0.25, -0.2) is 0 Å². The smallest absolute Gasteiger partial charge is 0.233 e. The maximum absolute atomic E-state index is 12.2. The molecule has 0 radical (unpaired) electrons. The predicted octanol–water partition coefficient (Wildman–Crippen LogP) is 0.738. The summed E-state index contributed by atoms with van der Waals surface area (Å²) in [4.78, 5) is 12.5. The number of hydrogen-bond donors (Lipinski definition) is 2. The average molecular weight is 242 g/mol. The van der Waals surface area contributed by atoms with Gasteiger partial charge in [0.25, 0.3) is 0 Å². The Bertz CT molecular complexity index is 320. The van der Waals surface area contributed by atoms with Crippen LogP contribution in [-0.4, -0.2) is 29.6 Å². The SMILES string of the molecule is CC1(NC(=O)C2(C(N)=S)CCC2)CCOC1. The van der Waals surface area contributed by atoms with Crippen LogP contribution in [-0.2, 0) is 9.53 Å². The Morgan fingerprint density at radius 2 is 2.12 bits per heavy atom. The van der Waals surface area contributed by atoms with Gasteiger partial charge in [-0.15, -0.1) is 0 Å². The number of ether oxygens (including phenoxy) is 1. The minimum Gasteiger partial charge on any atom is -0.392 e. The molecule has 5 heteroatoms. The molecule has 3 N–H and O–H groups in total. The van der Waals surface area contributed by atoms with Crippen LogP contribution in [0.25, 0.3) is 0 Å². The Hall–Kier alpha value is -0.680. The molecule has 1 saturated heterocycles. The largest absolute Gasteiger partial charge is 0.392 e. The van der Waals surface area contributed by atoms with E-state index in [0.717, 1.165) is 25.7 Å². The van der Waals surface area contributed by atoms with Crippen molar-refractivity contribution in [2.75, 3.05) is 13.2 Å². The molecule has 2 aliphatic rings. The molecular formula is C11H18N2O2S. The van der Waals surface area contributed by atoms with Crippen LogP contribution in [0.15, 0.2) is 0 Å². The third-order valence-electron chi connectivity index (χ3n) is 3.75. The van der Waals surface area contributed by atoms with E-state index in [1.807, 2.05) is 6.92 Å². The highest BCUT2D eigenvalue weighted by molar-refractivity contribution is 7.80. The van der Waals surface area contributed by atoms with Crippen molar-refractivity contribution in [1.29, 1.82) is 0 Å². The Labute approximate surface area is 101 Å². The Kier molecular flexibility index (Phi) is 2.92. The Morgan fingerprint density at radius 1 is 1.44 bits per heavy atom. The lowest BCUT2D eigenvalue weighted by atomic mass is 9.67. The zero-order chi connectivity index (χ0) is 11.8. The van der Waals surface area contributed by atoms with Crippen LogP contribution in [0.2, 0.25) is 0 Å². The Balaban J connectivity index is 2.04. The molecule has 16 heavy (non-hydrogen) atoms. The second-order valence-electron chi connectivity index (χ2n) is 5.12. The number of carbonyl (C=O) groups is 1. The van der Waals surface area contributed by atoms with Gasteiger partial charge in [-0.05, 0) is 26.2 Å². The van der Waals surface area contributed by atoms with E-state index in [4.69, 9.17) is 22.7 Å². The highest BCUT2D eigenvalue weighted by atomic mass is 32.1. The van der Waals surface area contributed by atoms with E-state index < -0.39 is 5.41 Å². The highest BCUT2D eigenvalue weighted by Crippen LogP contribution is 2.42. The molecule has 0 aromatic carbocycles. The summed E-state index contributed by atoms with van der Waals surface area (Å²) in [6.07, 6.45) is 3.44. The molecule has 0 aromatic heterocycles. The molecule has 4 nitrogen and oxygen atoms in total. The van der Waals surface area contributed by atoms with Crippen molar-refractivity contribution in [3.8, 4) is 0 Å². The molecular weight excluding hydrogens is 224 g/mol. The molecule has 1 amide bonds. The van der Waals surface area contributed by atoms with Crippen molar-refractivity contribution >= 4 is 23.1 Å². The second kappa shape index (κ2) is 3.96. The van der Waals surface area contributed by atoms with E-state index in [-0.39, 0.29) is 11.4 Å². The van der Waals surface area contributed by atoms with Crippen molar-refractivity contribution < 1.29 is 9.53 Å². The van der Waals surface area contributed by atoms with Crippen LogP contribution in [0.3, 0.4) is 0 Å². The van der Waals surface area contributed by atoms with Crippen molar-refractivity contribution in [1.82, 2.24) is 5.32 Å². The first-order valence-corrected chi connectivity index (χ1v) is 6.10. The minimum absolute atomic E-state index is 0.0146. The molecule has 1 saturated carbocycles. The molecule has 2 fully saturated rings. The first-order valence-electron chi connectivity index (χ1n) is 5.69. The third kappa shape index (κ3) is 1.82. The molecule has 1 unspecified atom stereocenters. The lowest BCUT2D eigenvalue weighted by molar-refractivity contribution is -0.132. The van der Waals surface area contributed by atoms with E-state index in [2.05, 4.69) is 5.32 Å². The number of amides is 1. The van der Waals surface area contributed by atoms with Crippen molar-refractivity contribution in [2.45, 2.75) is 38.1 Å². The summed E-state index contributed by atoms with van der Waals surface area (Å²) in [5, 5.41) is 3.05. The number of hydrogen-bond acceptors (Lipinski definition) is 3. The molecule has 0 bridgehead atoms. The molecule has 2 rings (SSSR count). The summed E-state index contributed by atoms with van der Waals surface area (Å²) in [5.74, 6) is -0.0146. The van der Waals surface area contributed by atoms with Gasteiger partial charge >= 0.3 is 0 Å². The fraction of sp³-hybridized carbons (Fsp3) is 0.818. The van der Waals surface area contributed by atoms with Gasteiger partial charge in [0.1, 0.15) is 0 Å². The number of thiocarbonyl (C=S) groups is 1. The summed E-state index contributed by atoms with van der Waals surface area (Å²) < 4.78 is 5.31. The van der Waals surface area contributed by atoms with Gasteiger partial charge in [-0.3, -0.25) is 4.79 Å². The zero-order valence-electron chi connectivity index (χ0n) is 9.54. The van der Waals surface area contributed by atoms with E-state index in [0.29, 0.717) is 18.2 Å². The molecule has 90 valence electrons. The summed E-state index contributed by atoms with van der Waals surface area (Å²) in [7, 11) is 0. The van der Waals surface area contributed by atoms with Crippen LogP contribution in [0.4, 0.5) is 0 Å². The first kappa shape index (κ1) is 11.8. The van der Waals surface area contributed by atoms with Crippen molar-refractivity contribution in [2.24, 2.45) is 11.1 Å². The quantitative estimate of drug-likeness (QED) is 0.716. The van der Waals surface area contributed by atoms with Gasteiger partial charge in [-0.2, -0.15) is 0 Å². The predicted molar refractivity (Wildman–Crippen MR) is 65.1 cm³/mol. The number of rotatable bonds is 3. The monoisotopic (exact) mass is 242 g/mol. The van der Waals surface area contributed by atoms with Crippen LogP contribution in [0, 0.1) is 5.41 Å². The fourth-order valence-electron chi connectivity index (χ4n) is 2.28. The maximum atomic E-state index is 12.2. The molecule has 1 aliphatic carbocycles. The summed E-state index contributed by atoms with van der Waals surface area (Å²) in [6, 6.07) is 0. The van der Waals surface area contributed by atoms with Gasteiger partial charge in [-0.1, -0.05) is 18.6 Å². The average Bonchev–Trinajstić information content (AvgIpc) is 2.48. The second-order valence-corrected chi connectivity index (χ2v) is 5.56. The summed E-state index contributed by atoms with van der Waals surface area (Å²) >= 11 is 5.02. The van der Waals surface area contributed by atoms with Gasteiger partial charge in [0, 0.05) is 6.61 Å². The van der Waals surface area contributed by atoms with Crippen LogP contribution in [0.1, 0.15) is 32.6 Å². The number of nitrogens with two attached hydrogens (primary N) is 1. The molecule has 1 heterocycles. The molecule has 1 aliphatic heterocycles. The van der Waals surface area contributed by atoms with Gasteiger partial charge in [0.15, 0.2) is 0 Å². The van der Waals surface area contributed by atoms with Crippen molar-refractivity contribution in [3.05, 3.63) is 0 Å². The zero-order valence-corrected chi connectivity index (χ0v) is 10.4. The minimum atomic E-state index is -0.582. The highest BCUT2D eigenvalue weighted by Gasteiger charge is 2.49. The van der Waals surface area contributed by atoms with E-state index >= 15 is 0 Å². The summed E-state index contributed by atoms with van der Waals surface area (Å²) in [6.45, 7) is 3.28. The topological polar surface area (TPSA) is 64.4 Å².